The lowest BCUT2D eigenvalue weighted by Crippen LogP contribution is -2.24. The third-order valence-electron chi connectivity index (χ3n) is 3.94. The molecular weight excluding hydrogens is 328 g/mol. The minimum atomic E-state index is -0.272. The van der Waals surface area contributed by atoms with Crippen LogP contribution in [-0.4, -0.2) is 23.0 Å². The number of nitrogens with zero attached hydrogens (tertiary/aromatic N) is 2. The van der Waals surface area contributed by atoms with Gasteiger partial charge in [-0.1, -0.05) is 36.4 Å². The normalized spacial score (nSPS) is 10.2. The SMILES string of the molecule is COc1ccccc1CNC(=O)c1cc(Nc2ccccc2C)ncn1. The quantitative estimate of drug-likeness (QED) is 0.713. The summed E-state index contributed by atoms with van der Waals surface area (Å²) in [7, 11) is 1.61. The molecular formula is C20H20N4O2. The van der Waals surface area contributed by atoms with Gasteiger partial charge in [-0.2, -0.15) is 0 Å². The number of benzene rings is 2. The lowest BCUT2D eigenvalue weighted by molar-refractivity contribution is 0.0945. The molecule has 2 aromatic carbocycles. The van der Waals surface area contributed by atoms with Crippen LogP contribution < -0.4 is 15.4 Å². The third-order valence-corrected chi connectivity index (χ3v) is 3.94. The van der Waals surface area contributed by atoms with E-state index in [0.717, 1.165) is 22.6 Å². The number of methoxy groups -OCH3 is 1. The third kappa shape index (κ3) is 4.16. The second-order valence-electron chi connectivity index (χ2n) is 5.72. The first-order chi connectivity index (χ1) is 12.7. The molecule has 3 rings (SSSR count). The van der Waals surface area contributed by atoms with Crippen LogP contribution in [0.25, 0.3) is 0 Å². The highest BCUT2D eigenvalue weighted by molar-refractivity contribution is 5.93. The van der Waals surface area contributed by atoms with Gasteiger partial charge in [-0.3, -0.25) is 4.79 Å². The zero-order valence-corrected chi connectivity index (χ0v) is 14.7. The first-order valence-corrected chi connectivity index (χ1v) is 8.22. The number of aromatic nitrogens is 2. The maximum Gasteiger partial charge on any atom is 0.270 e. The Balaban J connectivity index is 1.69. The van der Waals surface area contributed by atoms with E-state index < -0.39 is 0 Å². The molecule has 1 heterocycles. The van der Waals surface area contributed by atoms with Crippen LogP contribution in [-0.2, 0) is 6.54 Å². The summed E-state index contributed by atoms with van der Waals surface area (Å²) in [5.74, 6) is 1.03. The van der Waals surface area contributed by atoms with Crippen molar-refractivity contribution in [3.63, 3.8) is 0 Å². The lowest BCUT2D eigenvalue weighted by Gasteiger charge is -2.11. The number of para-hydroxylation sites is 2. The van der Waals surface area contributed by atoms with Crippen LogP contribution in [0, 0.1) is 6.92 Å². The van der Waals surface area contributed by atoms with Gasteiger partial charge in [0.05, 0.1) is 7.11 Å². The summed E-state index contributed by atoms with van der Waals surface area (Å²) in [5, 5.41) is 6.06. The minimum absolute atomic E-state index is 0.272. The summed E-state index contributed by atoms with van der Waals surface area (Å²) in [4.78, 5) is 20.7. The Bertz CT molecular complexity index is 912. The highest BCUT2D eigenvalue weighted by Gasteiger charge is 2.10. The molecule has 0 spiro atoms. The summed E-state index contributed by atoms with van der Waals surface area (Å²) >= 11 is 0. The average Bonchev–Trinajstić information content (AvgIpc) is 2.68. The molecule has 0 aliphatic heterocycles. The molecule has 0 aliphatic rings. The maximum absolute atomic E-state index is 12.4. The van der Waals surface area contributed by atoms with Gasteiger partial charge >= 0.3 is 0 Å². The highest BCUT2D eigenvalue weighted by Crippen LogP contribution is 2.19. The Hall–Kier alpha value is -3.41. The van der Waals surface area contributed by atoms with Crippen LogP contribution in [0.15, 0.2) is 60.9 Å². The smallest absolute Gasteiger partial charge is 0.270 e. The summed E-state index contributed by atoms with van der Waals surface area (Å²) in [6.45, 7) is 2.36. The lowest BCUT2D eigenvalue weighted by atomic mass is 10.2. The van der Waals surface area contributed by atoms with E-state index in [1.807, 2.05) is 55.5 Å². The standard InChI is InChI=1S/C20H20N4O2/c1-14-7-3-5-9-16(14)24-19-11-17(22-13-23-19)20(25)21-12-15-8-4-6-10-18(15)26-2/h3-11,13H,12H2,1-2H3,(H,21,25)(H,22,23,24). The molecule has 0 atom stereocenters. The molecule has 0 bridgehead atoms. The fourth-order valence-corrected chi connectivity index (χ4v) is 2.52. The Labute approximate surface area is 152 Å². The predicted octanol–water partition coefficient (Wildman–Crippen LogP) is 3.47. The molecule has 0 fully saturated rings. The van der Waals surface area contributed by atoms with Gasteiger partial charge in [0, 0.05) is 23.9 Å². The number of hydrogen-bond acceptors (Lipinski definition) is 5. The molecule has 3 aromatic rings. The number of anilines is 2. The topological polar surface area (TPSA) is 76.1 Å². The maximum atomic E-state index is 12.4. The van der Waals surface area contributed by atoms with Gasteiger partial charge in [-0.15, -0.1) is 0 Å². The van der Waals surface area contributed by atoms with E-state index in [4.69, 9.17) is 4.74 Å². The van der Waals surface area contributed by atoms with E-state index >= 15 is 0 Å². The van der Waals surface area contributed by atoms with Crippen molar-refractivity contribution in [3.8, 4) is 5.75 Å². The van der Waals surface area contributed by atoms with E-state index in [-0.39, 0.29) is 5.91 Å². The largest absolute Gasteiger partial charge is 0.496 e. The van der Waals surface area contributed by atoms with Gasteiger partial charge in [0.1, 0.15) is 23.6 Å². The van der Waals surface area contributed by atoms with Crippen LogP contribution in [0.4, 0.5) is 11.5 Å². The second kappa shape index (κ2) is 8.11. The van der Waals surface area contributed by atoms with Crippen molar-refractivity contribution in [1.29, 1.82) is 0 Å². The number of amides is 1. The van der Waals surface area contributed by atoms with Gasteiger partial charge in [0.15, 0.2) is 0 Å². The van der Waals surface area contributed by atoms with Crippen LogP contribution in [0.5, 0.6) is 5.75 Å². The molecule has 0 unspecified atom stereocenters. The number of carbonyl (C=O) groups excluding carboxylic acids is 1. The fraction of sp³-hybridized carbons (Fsp3) is 0.150. The Morgan fingerprint density at radius 3 is 2.65 bits per heavy atom. The summed E-state index contributed by atoms with van der Waals surface area (Å²) in [6, 6.07) is 17.1. The van der Waals surface area contributed by atoms with Crippen LogP contribution in [0.1, 0.15) is 21.6 Å². The zero-order valence-electron chi connectivity index (χ0n) is 14.7. The van der Waals surface area contributed by atoms with Crippen molar-refractivity contribution in [2.24, 2.45) is 0 Å². The van der Waals surface area contributed by atoms with Gasteiger partial charge in [0.25, 0.3) is 5.91 Å². The van der Waals surface area contributed by atoms with E-state index in [1.54, 1.807) is 13.2 Å². The minimum Gasteiger partial charge on any atom is -0.496 e. The first kappa shape index (κ1) is 17.4. The Morgan fingerprint density at radius 2 is 1.85 bits per heavy atom. The van der Waals surface area contributed by atoms with Gasteiger partial charge in [-0.25, -0.2) is 9.97 Å². The summed E-state index contributed by atoms with van der Waals surface area (Å²) < 4.78 is 5.29. The van der Waals surface area contributed by atoms with Gasteiger partial charge < -0.3 is 15.4 Å². The molecule has 6 nitrogen and oxygen atoms in total. The van der Waals surface area contributed by atoms with E-state index in [1.165, 1.54) is 6.33 Å². The van der Waals surface area contributed by atoms with Gasteiger partial charge in [-0.05, 0) is 24.6 Å². The molecule has 1 aromatic heterocycles. The molecule has 2 N–H and O–H groups in total. The molecule has 0 saturated carbocycles. The summed E-state index contributed by atoms with van der Waals surface area (Å²) in [6.07, 6.45) is 1.37. The van der Waals surface area contributed by atoms with Crippen LogP contribution >= 0.6 is 0 Å². The van der Waals surface area contributed by atoms with E-state index in [9.17, 15) is 4.79 Å². The van der Waals surface area contributed by atoms with Crippen molar-refractivity contribution in [1.82, 2.24) is 15.3 Å². The molecule has 132 valence electrons. The number of hydrogen-bond donors (Lipinski definition) is 2. The summed E-state index contributed by atoms with van der Waals surface area (Å²) in [5.41, 5.74) is 3.22. The highest BCUT2D eigenvalue weighted by atomic mass is 16.5. The number of rotatable bonds is 6. The van der Waals surface area contributed by atoms with Crippen LogP contribution in [0.3, 0.4) is 0 Å². The number of aryl methyl sites for hydroxylation is 1. The van der Waals surface area contributed by atoms with Gasteiger partial charge in [0.2, 0.25) is 0 Å². The average molecular weight is 348 g/mol. The van der Waals surface area contributed by atoms with E-state index in [0.29, 0.717) is 18.1 Å². The first-order valence-electron chi connectivity index (χ1n) is 8.22. The predicted molar refractivity (Wildman–Crippen MR) is 101 cm³/mol. The molecule has 0 saturated heterocycles. The van der Waals surface area contributed by atoms with Crippen molar-refractivity contribution < 1.29 is 9.53 Å². The Morgan fingerprint density at radius 1 is 1.08 bits per heavy atom. The van der Waals surface area contributed by atoms with Crippen molar-refractivity contribution in [3.05, 3.63) is 77.7 Å². The van der Waals surface area contributed by atoms with Crippen molar-refractivity contribution in [2.75, 3.05) is 12.4 Å². The Kier molecular flexibility index (Phi) is 5.43. The number of nitrogens with one attached hydrogen (secondary N) is 2. The second-order valence-corrected chi connectivity index (χ2v) is 5.72. The van der Waals surface area contributed by atoms with Crippen molar-refractivity contribution in [2.45, 2.75) is 13.5 Å². The fourth-order valence-electron chi connectivity index (χ4n) is 2.52. The van der Waals surface area contributed by atoms with E-state index in [2.05, 4.69) is 20.6 Å². The number of ether oxygens (including phenoxy) is 1. The zero-order chi connectivity index (χ0) is 18.4. The molecule has 0 aliphatic carbocycles. The molecule has 1 amide bonds. The van der Waals surface area contributed by atoms with Crippen LogP contribution in [0.2, 0.25) is 0 Å². The van der Waals surface area contributed by atoms with Crippen molar-refractivity contribution >= 4 is 17.4 Å². The monoisotopic (exact) mass is 348 g/mol. The number of carbonyl (C=O) groups is 1. The molecule has 6 heteroatoms. The molecule has 26 heavy (non-hydrogen) atoms. The molecule has 0 radical (unpaired) electrons.